The number of hydrogen-bond acceptors (Lipinski definition) is 3. The molecule has 22 heavy (non-hydrogen) atoms. The second-order valence-corrected chi connectivity index (χ2v) is 7.49. The lowest BCUT2D eigenvalue weighted by Gasteiger charge is -2.39. The minimum atomic E-state index is -0.345. The first-order valence-corrected chi connectivity index (χ1v) is 8.13. The minimum absolute atomic E-state index is 0. The lowest BCUT2D eigenvalue weighted by Crippen LogP contribution is -2.54. The summed E-state index contributed by atoms with van der Waals surface area (Å²) in [5, 5.41) is 0. The fourth-order valence-electron chi connectivity index (χ4n) is 3.31. The molecule has 1 aliphatic carbocycles. The fraction of sp³-hybridized carbons (Fsp3) is 0.875. The van der Waals surface area contributed by atoms with E-state index in [1.165, 1.54) is 0 Å². The Morgan fingerprint density at radius 1 is 1.00 bits per heavy atom. The summed E-state index contributed by atoms with van der Waals surface area (Å²) in [4.78, 5) is 28.6. The van der Waals surface area contributed by atoms with Gasteiger partial charge < -0.3 is 15.5 Å². The summed E-state index contributed by atoms with van der Waals surface area (Å²) < 4.78 is 0. The van der Waals surface area contributed by atoms with E-state index in [0.717, 1.165) is 25.7 Å². The fourth-order valence-corrected chi connectivity index (χ4v) is 3.31. The maximum absolute atomic E-state index is 12.5. The molecule has 128 valence electrons. The van der Waals surface area contributed by atoms with Gasteiger partial charge in [0.1, 0.15) is 0 Å². The van der Waals surface area contributed by atoms with Crippen molar-refractivity contribution in [2.45, 2.75) is 52.5 Å². The smallest absolute Gasteiger partial charge is 0.228 e. The van der Waals surface area contributed by atoms with Crippen molar-refractivity contribution in [3.63, 3.8) is 0 Å². The van der Waals surface area contributed by atoms with Gasteiger partial charge in [-0.15, -0.1) is 12.4 Å². The normalized spacial score (nSPS) is 26.4. The lowest BCUT2D eigenvalue weighted by molar-refractivity contribution is -0.146. The van der Waals surface area contributed by atoms with Crippen LogP contribution in [-0.4, -0.2) is 53.8 Å². The van der Waals surface area contributed by atoms with Gasteiger partial charge in [-0.1, -0.05) is 27.2 Å². The van der Waals surface area contributed by atoms with E-state index in [1.807, 2.05) is 30.6 Å². The Labute approximate surface area is 140 Å². The van der Waals surface area contributed by atoms with E-state index < -0.39 is 0 Å². The van der Waals surface area contributed by atoms with E-state index in [-0.39, 0.29) is 41.6 Å². The summed E-state index contributed by atoms with van der Waals surface area (Å²) in [6.45, 7) is 8.45. The van der Waals surface area contributed by atoms with Crippen LogP contribution >= 0.6 is 12.4 Å². The zero-order chi connectivity index (χ0) is 15.6. The number of piperazine rings is 1. The summed E-state index contributed by atoms with van der Waals surface area (Å²) >= 11 is 0. The summed E-state index contributed by atoms with van der Waals surface area (Å²) in [6, 6.07) is 0.177. The van der Waals surface area contributed by atoms with Gasteiger partial charge in [-0.3, -0.25) is 9.59 Å². The maximum Gasteiger partial charge on any atom is 0.228 e. The number of carbonyl (C=O) groups is 2. The molecule has 2 amide bonds. The molecule has 2 unspecified atom stereocenters. The average Bonchev–Trinajstić information content (AvgIpc) is 2.45. The van der Waals surface area contributed by atoms with Crippen molar-refractivity contribution in [2.75, 3.05) is 26.2 Å². The molecule has 2 rings (SSSR count). The first kappa shape index (κ1) is 19.2. The van der Waals surface area contributed by atoms with E-state index >= 15 is 0 Å². The van der Waals surface area contributed by atoms with E-state index in [0.29, 0.717) is 26.2 Å². The molecule has 2 aliphatic rings. The Bertz CT molecular complexity index is 401. The Hall–Kier alpha value is -0.810. The Morgan fingerprint density at radius 3 is 2.05 bits per heavy atom. The van der Waals surface area contributed by atoms with Gasteiger partial charge in [0.2, 0.25) is 11.8 Å². The highest BCUT2D eigenvalue weighted by Crippen LogP contribution is 2.26. The van der Waals surface area contributed by atoms with E-state index in [9.17, 15) is 9.59 Å². The van der Waals surface area contributed by atoms with Crippen LogP contribution in [0.1, 0.15) is 46.5 Å². The molecule has 0 bridgehead atoms. The second-order valence-electron chi connectivity index (χ2n) is 7.49. The molecule has 6 heteroatoms. The standard InChI is InChI=1S/C16H29N3O2.ClH/c1-16(2,3)15(21)19-9-7-18(8-10-19)14(20)12-5-4-6-13(17)11-12;/h12-13H,4-11,17H2,1-3H3;1H. The maximum atomic E-state index is 12.5. The predicted molar refractivity (Wildman–Crippen MR) is 89.8 cm³/mol. The predicted octanol–water partition coefficient (Wildman–Crippen LogP) is 1.64. The van der Waals surface area contributed by atoms with Crippen molar-refractivity contribution < 1.29 is 9.59 Å². The number of hydrogen-bond donors (Lipinski definition) is 1. The van der Waals surface area contributed by atoms with Gasteiger partial charge in [0.25, 0.3) is 0 Å². The third-order valence-electron chi connectivity index (χ3n) is 4.58. The molecule has 1 aliphatic heterocycles. The molecule has 1 saturated heterocycles. The van der Waals surface area contributed by atoms with Gasteiger partial charge in [0.05, 0.1) is 0 Å². The molecule has 0 aromatic rings. The highest BCUT2D eigenvalue weighted by atomic mass is 35.5. The summed E-state index contributed by atoms with van der Waals surface area (Å²) in [5.74, 6) is 0.515. The average molecular weight is 332 g/mol. The second kappa shape index (κ2) is 7.64. The van der Waals surface area contributed by atoms with Crippen molar-refractivity contribution >= 4 is 24.2 Å². The van der Waals surface area contributed by atoms with Crippen LogP contribution in [-0.2, 0) is 9.59 Å². The van der Waals surface area contributed by atoms with Crippen LogP contribution in [0, 0.1) is 11.3 Å². The number of rotatable bonds is 1. The number of halogens is 1. The van der Waals surface area contributed by atoms with Crippen LogP contribution in [0.5, 0.6) is 0 Å². The molecule has 2 atom stereocenters. The highest BCUT2D eigenvalue weighted by molar-refractivity contribution is 5.85. The van der Waals surface area contributed by atoms with E-state index in [4.69, 9.17) is 5.73 Å². The van der Waals surface area contributed by atoms with Gasteiger partial charge in [-0.2, -0.15) is 0 Å². The summed E-state index contributed by atoms with van der Waals surface area (Å²) in [5.41, 5.74) is 5.63. The molecular formula is C16H30ClN3O2. The summed E-state index contributed by atoms with van der Waals surface area (Å²) in [6.07, 6.45) is 3.88. The zero-order valence-electron chi connectivity index (χ0n) is 14.0. The van der Waals surface area contributed by atoms with Gasteiger partial charge in [-0.25, -0.2) is 0 Å². The molecule has 2 fully saturated rings. The number of nitrogens with zero attached hydrogens (tertiary/aromatic N) is 2. The van der Waals surface area contributed by atoms with Crippen molar-refractivity contribution in [3.05, 3.63) is 0 Å². The molecule has 2 N–H and O–H groups in total. The molecular weight excluding hydrogens is 302 g/mol. The molecule has 0 aromatic heterocycles. The van der Waals surface area contributed by atoms with Crippen LogP contribution in [0.2, 0.25) is 0 Å². The van der Waals surface area contributed by atoms with Crippen molar-refractivity contribution in [1.29, 1.82) is 0 Å². The quantitative estimate of drug-likeness (QED) is 0.794. The van der Waals surface area contributed by atoms with E-state index in [2.05, 4.69) is 0 Å². The monoisotopic (exact) mass is 331 g/mol. The highest BCUT2D eigenvalue weighted by Gasteiger charge is 2.33. The van der Waals surface area contributed by atoms with Crippen LogP contribution < -0.4 is 5.73 Å². The minimum Gasteiger partial charge on any atom is -0.339 e. The molecule has 5 nitrogen and oxygen atoms in total. The molecule has 1 heterocycles. The van der Waals surface area contributed by atoms with Crippen molar-refractivity contribution in [2.24, 2.45) is 17.1 Å². The molecule has 0 aromatic carbocycles. The van der Waals surface area contributed by atoms with Gasteiger partial charge in [0, 0.05) is 43.6 Å². The topological polar surface area (TPSA) is 66.6 Å². The first-order valence-electron chi connectivity index (χ1n) is 8.13. The van der Waals surface area contributed by atoms with Gasteiger partial charge in [0.15, 0.2) is 0 Å². The Morgan fingerprint density at radius 2 is 1.55 bits per heavy atom. The lowest BCUT2D eigenvalue weighted by atomic mass is 9.85. The van der Waals surface area contributed by atoms with Crippen molar-refractivity contribution in [1.82, 2.24) is 9.80 Å². The van der Waals surface area contributed by atoms with Gasteiger partial charge in [-0.05, 0) is 19.3 Å². The van der Waals surface area contributed by atoms with Crippen LogP contribution in [0.4, 0.5) is 0 Å². The summed E-state index contributed by atoms with van der Waals surface area (Å²) in [7, 11) is 0. The van der Waals surface area contributed by atoms with Crippen LogP contribution in [0.3, 0.4) is 0 Å². The third-order valence-corrected chi connectivity index (χ3v) is 4.58. The number of nitrogens with two attached hydrogens (primary N) is 1. The van der Waals surface area contributed by atoms with E-state index in [1.54, 1.807) is 0 Å². The Balaban J connectivity index is 0.00000242. The van der Waals surface area contributed by atoms with Crippen LogP contribution in [0.15, 0.2) is 0 Å². The SMILES string of the molecule is CC(C)(C)C(=O)N1CCN(C(=O)C2CCCC(N)C2)CC1.Cl. The molecule has 1 saturated carbocycles. The van der Waals surface area contributed by atoms with Crippen molar-refractivity contribution in [3.8, 4) is 0 Å². The number of carbonyl (C=O) groups excluding carboxylic acids is 2. The van der Waals surface area contributed by atoms with Crippen LogP contribution in [0.25, 0.3) is 0 Å². The molecule has 0 spiro atoms. The molecule has 0 radical (unpaired) electrons. The Kier molecular flexibility index (Phi) is 6.68. The number of amides is 2. The third kappa shape index (κ3) is 4.59. The zero-order valence-corrected chi connectivity index (χ0v) is 14.8. The largest absolute Gasteiger partial charge is 0.339 e. The van der Waals surface area contributed by atoms with Gasteiger partial charge >= 0.3 is 0 Å². The first-order chi connectivity index (χ1) is 9.79.